The number of aryl methyl sites for hydroxylation is 1. The van der Waals surface area contributed by atoms with Gasteiger partial charge in [0.1, 0.15) is 12.1 Å². The lowest BCUT2D eigenvalue weighted by molar-refractivity contribution is -0.274. The van der Waals surface area contributed by atoms with E-state index in [1.807, 2.05) is 31.2 Å². The number of hydrogen-bond acceptors (Lipinski definition) is 6. The molecule has 0 saturated heterocycles. The molecule has 1 amide bonds. The van der Waals surface area contributed by atoms with Crippen LogP contribution < -0.4 is 10.1 Å². The van der Waals surface area contributed by atoms with Crippen LogP contribution in [0, 0.1) is 6.92 Å². The van der Waals surface area contributed by atoms with Crippen molar-refractivity contribution in [2.45, 2.75) is 19.7 Å². The van der Waals surface area contributed by atoms with Gasteiger partial charge in [-0.2, -0.15) is 10.2 Å². The molecule has 1 aromatic carbocycles. The first-order valence-electron chi connectivity index (χ1n) is 10.7. The number of carbonyl (C=O) groups is 1. The third kappa shape index (κ3) is 5.17. The molecule has 36 heavy (non-hydrogen) atoms. The van der Waals surface area contributed by atoms with Gasteiger partial charge >= 0.3 is 6.36 Å². The van der Waals surface area contributed by atoms with E-state index < -0.39 is 18.0 Å². The number of pyridine rings is 2. The van der Waals surface area contributed by atoms with Gasteiger partial charge in [-0.15, -0.1) is 13.2 Å². The van der Waals surface area contributed by atoms with Crippen molar-refractivity contribution in [1.29, 1.82) is 0 Å². The van der Waals surface area contributed by atoms with E-state index >= 15 is 0 Å². The number of benzene rings is 1. The van der Waals surface area contributed by atoms with Crippen LogP contribution in [0.3, 0.4) is 0 Å². The van der Waals surface area contributed by atoms with Gasteiger partial charge in [-0.3, -0.25) is 4.79 Å². The number of fused-ring (bicyclic) bond motifs is 1. The normalized spacial score (nSPS) is 11.6. The number of amides is 1. The first kappa shape index (κ1) is 23.0. The summed E-state index contributed by atoms with van der Waals surface area (Å²) in [6.45, 7) is 1.86. The summed E-state index contributed by atoms with van der Waals surface area (Å²) in [4.78, 5) is 21.4. The Morgan fingerprint density at radius 2 is 1.92 bits per heavy atom. The third-order valence-corrected chi connectivity index (χ3v) is 5.11. The minimum Gasteiger partial charge on any atom is -0.406 e. The monoisotopic (exact) mass is 493 g/mol. The molecule has 0 bridgehead atoms. The Balaban J connectivity index is 1.43. The molecule has 9 nitrogen and oxygen atoms in total. The molecule has 0 spiro atoms. The summed E-state index contributed by atoms with van der Waals surface area (Å²) >= 11 is 0. The second-order valence-corrected chi connectivity index (χ2v) is 7.85. The molecule has 0 atom stereocenters. The van der Waals surface area contributed by atoms with Crippen molar-refractivity contribution in [2.24, 2.45) is 0 Å². The van der Waals surface area contributed by atoms with Gasteiger partial charge in [0.2, 0.25) is 5.91 Å². The molecule has 0 fully saturated rings. The molecule has 0 saturated carbocycles. The van der Waals surface area contributed by atoms with Crippen LogP contribution >= 0.6 is 0 Å². The van der Waals surface area contributed by atoms with Crippen LogP contribution in [0.1, 0.15) is 11.4 Å². The molecule has 5 rings (SSSR count). The smallest absolute Gasteiger partial charge is 0.406 e. The number of rotatable bonds is 6. The van der Waals surface area contributed by atoms with Crippen molar-refractivity contribution < 1.29 is 22.7 Å². The molecule has 4 aromatic heterocycles. The van der Waals surface area contributed by atoms with Crippen molar-refractivity contribution >= 4 is 17.2 Å². The average molecular weight is 493 g/mol. The van der Waals surface area contributed by atoms with Crippen molar-refractivity contribution in [3.05, 3.63) is 84.6 Å². The molecule has 0 aliphatic heterocycles. The van der Waals surface area contributed by atoms with E-state index in [2.05, 4.69) is 30.2 Å². The van der Waals surface area contributed by atoms with Gasteiger partial charge in [-0.05, 0) is 49.4 Å². The highest BCUT2D eigenvalue weighted by molar-refractivity contribution is 5.92. The maximum absolute atomic E-state index is 12.7. The fourth-order valence-corrected chi connectivity index (χ4v) is 3.65. The van der Waals surface area contributed by atoms with E-state index in [0.29, 0.717) is 22.9 Å². The Bertz CT molecular complexity index is 1560. The van der Waals surface area contributed by atoms with Crippen LogP contribution in [0.2, 0.25) is 0 Å². The Morgan fingerprint density at radius 3 is 2.72 bits per heavy atom. The Hall–Kier alpha value is -4.74. The Morgan fingerprint density at radius 1 is 1.08 bits per heavy atom. The number of ether oxygens (including phenoxy) is 1. The Labute approximate surface area is 202 Å². The fourth-order valence-electron chi connectivity index (χ4n) is 3.65. The predicted molar refractivity (Wildman–Crippen MR) is 124 cm³/mol. The van der Waals surface area contributed by atoms with Gasteiger partial charge in [0, 0.05) is 29.2 Å². The summed E-state index contributed by atoms with van der Waals surface area (Å²) in [5.74, 6) is -0.326. The quantitative estimate of drug-likeness (QED) is 0.377. The van der Waals surface area contributed by atoms with Gasteiger partial charge in [0.05, 0.1) is 17.8 Å². The van der Waals surface area contributed by atoms with Crippen molar-refractivity contribution in [1.82, 2.24) is 29.4 Å². The van der Waals surface area contributed by atoms with Crippen LogP contribution in [0.5, 0.6) is 5.75 Å². The molecule has 5 aromatic rings. The number of carbonyl (C=O) groups excluding carboxylic acids is 1. The summed E-state index contributed by atoms with van der Waals surface area (Å²) in [6, 6.07) is 16.0. The minimum absolute atomic E-state index is 0.123. The lowest BCUT2D eigenvalue weighted by Gasteiger charge is -2.10. The highest BCUT2D eigenvalue weighted by Gasteiger charge is 2.31. The van der Waals surface area contributed by atoms with E-state index in [9.17, 15) is 18.0 Å². The molecule has 0 aliphatic rings. The van der Waals surface area contributed by atoms with E-state index in [4.69, 9.17) is 0 Å². The van der Waals surface area contributed by atoms with Gasteiger partial charge in [-0.25, -0.2) is 19.2 Å². The number of nitrogens with one attached hydrogen (secondary N) is 1. The van der Waals surface area contributed by atoms with E-state index in [-0.39, 0.29) is 12.1 Å². The predicted octanol–water partition coefficient (Wildman–Crippen LogP) is 4.37. The zero-order chi connectivity index (χ0) is 25.3. The summed E-state index contributed by atoms with van der Waals surface area (Å²) in [7, 11) is 0. The zero-order valence-electron chi connectivity index (χ0n) is 18.8. The van der Waals surface area contributed by atoms with E-state index in [1.165, 1.54) is 18.5 Å². The molecular formula is C24H18F3N7O2. The standard InChI is InChI=1S/C24H18F3N7O2/c1-15-4-2-7-22(30-15)34-20(16-8-9-21-28-14-29-33(21)13-16)11-18(32-34)12-23(35)31-17-5-3-6-19(10-17)36-24(25,26)27/h2-11,13-14H,12H2,1H3,(H,31,35). The molecule has 4 heterocycles. The molecule has 12 heteroatoms. The molecule has 0 aliphatic carbocycles. The minimum atomic E-state index is -4.83. The lowest BCUT2D eigenvalue weighted by Crippen LogP contribution is -2.18. The van der Waals surface area contributed by atoms with Crippen molar-refractivity contribution in [3.8, 4) is 22.8 Å². The van der Waals surface area contributed by atoms with Gasteiger partial charge in [-0.1, -0.05) is 12.1 Å². The van der Waals surface area contributed by atoms with E-state index in [1.54, 1.807) is 27.5 Å². The molecule has 0 radical (unpaired) electrons. The molecule has 182 valence electrons. The Kier molecular flexibility index (Phi) is 5.84. The second kappa shape index (κ2) is 9.13. The topological polar surface area (TPSA) is 99.2 Å². The van der Waals surface area contributed by atoms with Crippen LogP contribution in [0.4, 0.5) is 18.9 Å². The summed E-state index contributed by atoms with van der Waals surface area (Å²) in [5.41, 5.74) is 3.52. The summed E-state index contributed by atoms with van der Waals surface area (Å²) in [5, 5.41) is 11.3. The number of hydrogen-bond donors (Lipinski definition) is 1. The third-order valence-electron chi connectivity index (χ3n) is 5.11. The van der Waals surface area contributed by atoms with E-state index in [0.717, 1.165) is 23.4 Å². The largest absolute Gasteiger partial charge is 0.573 e. The summed E-state index contributed by atoms with van der Waals surface area (Å²) in [6.07, 6.45) is -1.71. The molecule has 1 N–H and O–H groups in total. The molecule has 0 unspecified atom stereocenters. The van der Waals surface area contributed by atoms with Crippen LogP contribution in [-0.4, -0.2) is 41.6 Å². The highest BCUT2D eigenvalue weighted by atomic mass is 19.4. The lowest BCUT2D eigenvalue weighted by atomic mass is 10.1. The number of nitrogens with zero attached hydrogens (tertiary/aromatic N) is 6. The first-order chi connectivity index (χ1) is 17.2. The van der Waals surface area contributed by atoms with Crippen molar-refractivity contribution in [2.75, 3.05) is 5.32 Å². The zero-order valence-corrected chi connectivity index (χ0v) is 18.8. The fraction of sp³-hybridized carbons (Fsp3) is 0.125. The van der Waals surface area contributed by atoms with Crippen LogP contribution in [0.15, 0.2) is 73.2 Å². The second-order valence-electron chi connectivity index (χ2n) is 7.85. The van der Waals surface area contributed by atoms with Gasteiger partial charge < -0.3 is 10.1 Å². The van der Waals surface area contributed by atoms with Crippen molar-refractivity contribution in [3.63, 3.8) is 0 Å². The number of halogens is 3. The number of alkyl halides is 3. The summed E-state index contributed by atoms with van der Waals surface area (Å²) < 4.78 is 44.7. The number of anilines is 1. The maximum Gasteiger partial charge on any atom is 0.573 e. The SMILES string of the molecule is Cc1cccc(-n2nc(CC(=O)Nc3cccc(OC(F)(F)F)c3)cc2-c2ccc3ncnn3c2)n1. The first-order valence-corrected chi connectivity index (χ1v) is 10.7. The number of aromatic nitrogens is 6. The van der Waals surface area contributed by atoms with Gasteiger partial charge in [0.15, 0.2) is 11.5 Å². The average Bonchev–Trinajstić information content (AvgIpc) is 3.44. The maximum atomic E-state index is 12.7. The van der Waals surface area contributed by atoms with Crippen LogP contribution in [-0.2, 0) is 11.2 Å². The molecular weight excluding hydrogens is 475 g/mol. The van der Waals surface area contributed by atoms with Gasteiger partial charge in [0.25, 0.3) is 0 Å². The highest BCUT2D eigenvalue weighted by Crippen LogP contribution is 2.26. The van der Waals surface area contributed by atoms with Crippen LogP contribution in [0.25, 0.3) is 22.7 Å².